The molecule has 0 atom stereocenters. The number of aliphatic hydroxyl groups is 1. The largest absolute Gasteiger partial charge is 0.396 e. The Kier molecular flexibility index (Phi) is 4.49. The molecule has 1 saturated heterocycles. The van der Waals surface area contributed by atoms with E-state index in [1.165, 1.54) is 6.20 Å². The van der Waals surface area contributed by atoms with Crippen LogP contribution in [0.4, 0.5) is 5.82 Å². The van der Waals surface area contributed by atoms with Gasteiger partial charge in [-0.25, -0.2) is 9.55 Å². The summed E-state index contributed by atoms with van der Waals surface area (Å²) in [4.78, 5) is 16.8. The third-order valence-corrected chi connectivity index (χ3v) is 3.83. The van der Waals surface area contributed by atoms with Gasteiger partial charge in [0.05, 0.1) is 0 Å². The van der Waals surface area contributed by atoms with Crippen LogP contribution in [-0.2, 0) is 6.54 Å². The van der Waals surface area contributed by atoms with Gasteiger partial charge in [-0.2, -0.15) is 0 Å². The number of hydrogen-bond acceptors (Lipinski definition) is 5. The summed E-state index contributed by atoms with van der Waals surface area (Å²) in [7, 11) is 0. The molecule has 7 nitrogen and oxygen atoms in total. The number of piperidine rings is 1. The fourth-order valence-corrected chi connectivity index (χ4v) is 2.51. The molecule has 106 valence electrons. The van der Waals surface area contributed by atoms with Gasteiger partial charge in [0.1, 0.15) is 12.7 Å². The number of aliphatic hydroxyl groups excluding tert-OH is 1. The lowest BCUT2D eigenvalue weighted by Crippen LogP contribution is -2.36. The van der Waals surface area contributed by atoms with Gasteiger partial charge in [-0.1, -0.05) is 0 Å². The molecule has 0 saturated carbocycles. The molecule has 2 rings (SSSR count). The summed E-state index contributed by atoms with van der Waals surface area (Å²) in [6.07, 6.45) is 3.32. The smallest absolute Gasteiger partial charge is 0.342 e. The maximum absolute atomic E-state index is 10.9. The zero-order valence-corrected chi connectivity index (χ0v) is 11.2. The zero-order valence-electron chi connectivity index (χ0n) is 11.2. The van der Waals surface area contributed by atoms with Crippen LogP contribution < -0.4 is 0 Å². The SMILES string of the molecule is Cc1ncc([N+](=O)[O-])n1CCN1CCC(CO)CC1. The minimum atomic E-state index is -0.391. The zero-order chi connectivity index (χ0) is 13.8. The molecular formula is C12H20N4O3. The van der Waals surface area contributed by atoms with E-state index in [1.807, 2.05) is 0 Å². The summed E-state index contributed by atoms with van der Waals surface area (Å²) >= 11 is 0. The summed E-state index contributed by atoms with van der Waals surface area (Å²) in [6, 6.07) is 0. The second-order valence-corrected chi connectivity index (χ2v) is 5.04. The van der Waals surface area contributed by atoms with E-state index >= 15 is 0 Å². The number of aryl methyl sites for hydroxylation is 1. The summed E-state index contributed by atoms with van der Waals surface area (Å²) in [6.45, 7) is 5.33. The Hall–Kier alpha value is -1.47. The van der Waals surface area contributed by atoms with Crippen molar-refractivity contribution in [3.8, 4) is 0 Å². The number of nitrogens with zero attached hydrogens (tertiary/aromatic N) is 4. The van der Waals surface area contributed by atoms with Gasteiger partial charge in [-0.3, -0.25) is 4.90 Å². The third kappa shape index (κ3) is 3.30. The lowest BCUT2D eigenvalue weighted by Gasteiger charge is -2.30. The van der Waals surface area contributed by atoms with E-state index in [1.54, 1.807) is 11.5 Å². The van der Waals surface area contributed by atoms with Gasteiger partial charge in [0, 0.05) is 20.1 Å². The first-order valence-electron chi connectivity index (χ1n) is 6.61. The Balaban J connectivity index is 1.89. The lowest BCUT2D eigenvalue weighted by atomic mass is 9.98. The molecule has 1 fully saturated rings. The van der Waals surface area contributed by atoms with E-state index in [9.17, 15) is 10.1 Å². The van der Waals surface area contributed by atoms with Gasteiger partial charge < -0.3 is 15.2 Å². The van der Waals surface area contributed by atoms with Crippen molar-refractivity contribution in [3.63, 3.8) is 0 Å². The van der Waals surface area contributed by atoms with Crippen molar-refractivity contribution in [3.05, 3.63) is 22.1 Å². The minimum absolute atomic E-state index is 0.0581. The molecule has 1 aliphatic heterocycles. The third-order valence-electron chi connectivity index (χ3n) is 3.83. The molecule has 1 aromatic heterocycles. The Morgan fingerprint density at radius 3 is 2.74 bits per heavy atom. The first kappa shape index (κ1) is 14.0. The quantitative estimate of drug-likeness (QED) is 0.631. The van der Waals surface area contributed by atoms with Crippen LogP contribution in [0.15, 0.2) is 6.20 Å². The van der Waals surface area contributed by atoms with Crippen molar-refractivity contribution in [2.75, 3.05) is 26.2 Å². The van der Waals surface area contributed by atoms with Crippen LogP contribution >= 0.6 is 0 Å². The molecule has 1 aliphatic rings. The number of likely N-dealkylation sites (tertiary alicyclic amines) is 1. The monoisotopic (exact) mass is 268 g/mol. The molecule has 0 aliphatic carbocycles. The number of aromatic nitrogens is 2. The molecule has 0 radical (unpaired) electrons. The van der Waals surface area contributed by atoms with E-state index in [-0.39, 0.29) is 12.4 Å². The van der Waals surface area contributed by atoms with E-state index < -0.39 is 4.92 Å². The van der Waals surface area contributed by atoms with Crippen LogP contribution in [0, 0.1) is 23.0 Å². The van der Waals surface area contributed by atoms with Crippen molar-refractivity contribution in [1.29, 1.82) is 0 Å². The highest BCUT2D eigenvalue weighted by Gasteiger charge is 2.21. The first-order valence-corrected chi connectivity index (χ1v) is 6.61. The van der Waals surface area contributed by atoms with Crippen molar-refractivity contribution in [2.24, 2.45) is 5.92 Å². The highest BCUT2D eigenvalue weighted by molar-refractivity contribution is 5.18. The standard InChI is InChI=1S/C12H20N4O3/c1-10-13-8-12(16(18)19)15(10)7-6-14-4-2-11(9-17)3-5-14/h8,11,17H,2-7,9H2,1H3. The van der Waals surface area contributed by atoms with Crippen molar-refractivity contribution < 1.29 is 10.0 Å². The predicted octanol–water partition coefficient (Wildman–Crippen LogP) is 0.804. The topological polar surface area (TPSA) is 84.4 Å². The molecular weight excluding hydrogens is 248 g/mol. The van der Waals surface area contributed by atoms with Gasteiger partial charge in [0.25, 0.3) is 0 Å². The molecule has 0 bridgehead atoms. The van der Waals surface area contributed by atoms with E-state index in [2.05, 4.69) is 9.88 Å². The van der Waals surface area contributed by atoms with Crippen LogP contribution in [-0.4, -0.2) is 50.7 Å². The van der Waals surface area contributed by atoms with E-state index in [4.69, 9.17) is 5.11 Å². The fourth-order valence-electron chi connectivity index (χ4n) is 2.51. The number of imidazole rings is 1. The van der Waals surface area contributed by atoms with Crippen LogP contribution in [0.25, 0.3) is 0 Å². The van der Waals surface area contributed by atoms with Crippen LogP contribution in [0.1, 0.15) is 18.7 Å². The Bertz CT molecular complexity index is 438. The van der Waals surface area contributed by atoms with Gasteiger partial charge in [0.15, 0.2) is 5.82 Å². The summed E-state index contributed by atoms with van der Waals surface area (Å²) in [5.41, 5.74) is 0. The van der Waals surface area contributed by atoms with Gasteiger partial charge in [-0.05, 0) is 36.8 Å². The predicted molar refractivity (Wildman–Crippen MR) is 69.9 cm³/mol. The normalized spacial score (nSPS) is 17.8. The molecule has 7 heteroatoms. The Morgan fingerprint density at radius 2 is 2.16 bits per heavy atom. The molecule has 1 aromatic rings. The second kappa shape index (κ2) is 6.12. The molecule has 2 heterocycles. The van der Waals surface area contributed by atoms with Crippen molar-refractivity contribution in [1.82, 2.24) is 14.5 Å². The lowest BCUT2D eigenvalue weighted by molar-refractivity contribution is -0.392. The maximum atomic E-state index is 10.9. The second-order valence-electron chi connectivity index (χ2n) is 5.04. The molecule has 0 unspecified atom stereocenters. The Labute approximate surface area is 112 Å². The number of rotatable bonds is 5. The average Bonchev–Trinajstić information content (AvgIpc) is 2.78. The highest BCUT2D eigenvalue weighted by Crippen LogP contribution is 2.17. The van der Waals surface area contributed by atoms with Gasteiger partial charge in [-0.15, -0.1) is 0 Å². The Morgan fingerprint density at radius 1 is 1.47 bits per heavy atom. The van der Waals surface area contributed by atoms with E-state index in [0.29, 0.717) is 18.3 Å². The van der Waals surface area contributed by atoms with E-state index in [0.717, 1.165) is 32.5 Å². The molecule has 0 amide bonds. The summed E-state index contributed by atoms with van der Waals surface area (Å²) in [5.74, 6) is 1.15. The number of nitro groups is 1. The minimum Gasteiger partial charge on any atom is -0.396 e. The summed E-state index contributed by atoms with van der Waals surface area (Å²) < 4.78 is 1.65. The molecule has 0 aromatic carbocycles. The average molecular weight is 268 g/mol. The van der Waals surface area contributed by atoms with Crippen molar-refractivity contribution in [2.45, 2.75) is 26.3 Å². The van der Waals surface area contributed by atoms with Crippen LogP contribution in [0.3, 0.4) is 0 Å². The fraction of sp³-hybridized carbons (Fsp3) is 0.750. The maximum Gasteiger partial charge on any atom is 0.342 e. The first-order chi connectivity index (χ1) is 9.11. The molecule has 19 heavy (non-hydrogen) atoms. The number of hydrogen-bond donors (Lipinski definition) is 1. The molecule has 1 N–H and O–H groups in total. The van der Waals surface area contributed by atoms with Crippen LogP contribution in [0.2, 0.25) is 0 Å². The van der Waals surface area contributed by atoms with Gasteiger partial charge >= 0.3 is 5.82 Å². The molecule has 0 spiro atoms. The highest BCUT2D eigenvalue weighted by atomic mass is 16.6. The van der Waals surface area contributed by atoms with Crippen LogP contribution in [0.5, 0.6) is 0 Å². The summed E-state index contributed by atoms with van der Waals surface area (Å²) in [5, 5.41) is 20.0. The van der Waals surface area contributed by atoms with Gasteiger partial charge in [0.2, 0.25) is 0 Å². The van der Waals surface area contributed by atoms with Crippen molar-refractivity contribution >= 4 is 5.82 Å².